The van der Waals surface area contributed by atoms with Crippen LogP contribution in [0, 0.1) is 6.92 Å². The summed E-state index contributed by atoms with van der Waals surface area (Å²) in [5.41, 5.74) is 0.915. The molecular weight excluding hydrogens is 308 g/mol. The Kier molecular flexibility index (Phi) is 4.00. The van der Waals surface area contributed by atoms with Crippen LogP contribution in [-0.4, -0.2) is 11.8 Å². The van der Waals surface area contributed by atoms with Crippen molar-refractivity contribution in [1.29, 1.82) is 0 Å². The number of hydrogen-bond acceptors (Lipinski definition) is 5. The number of ether oxygens (including phenoxy) is 1. The highest BCUT2D eigenvalue weighted by atomic mass is 16.5. The van der Waals surface area contributed by atoms with E-state index in [2.05, 4.69) is 0 Å². The monoisotopic (exact) mass is 322 g/mol. The van der Waals surface area contributed by atoms with Crippen molar-refractivity contribution in [3.63, 3.8) is 0 Å². The molecule has 0 saturated heterocycles. The number of fused-ring (bicyclic) bond motifs is 1. The van der Waals surface area contributed by atoms with Crippen molar-refractivity contribution in [1.82, 2.24) is 0 Å². The molecule has 1 aromatic heterocycles. The molecule has 5 nitrogen and oxygen atoms in total. The Bertz CT molecular complexity index is 1010. The van der Waals surface area contributed by atoms with E-state index in [-0.39, 0.29) is 22.7 Å². The van der Waals surface area contributed by atoms with E-state index in [0.29, 0.717) is 10.9 Å². The molecule has 24 heavy (non-hydrogen) atoms. The number of rotatable bonds is 3. The maximum atomic E-state index is 12.2. The van der Waals surface area contributed by atoms with E-state index >= 15 is 0 Å². The molecule has 0 fully saturated rings. The molecular formula is C19H14O5. The third-order valence-corrected chi connectivity index (χ3v) is 3.55. The van der Waals surface area contributed by atoms with Crippen molar-refractivity contribution in [3.05, 3.63) is 75.6 Å². The molecule has 0 aliphatic heterocycles. The van der Waals surface area contributed by atoms with Crippen molar-refractivity contribution in [3.8, 4) is 5.75 Å². The van der Waals surface area contributed by atoms with Crippen LogP contribution in [0.1, 0.15) is 33.2 Å². The number of carbonyl (C=O) groups is 2. The summed E-state index contributed by atoms with van der Waals surface area (Å²) in [4.78, 5) is 35.3. The van der Waals surface area contributed by atoms with E-state index in [4.69, 9.17) is 9.15 Å². The van der Waals surface area contributed by atoms with Crippen LogP contribution >= 0.6 is 0 Å². The summed E-state index contributed by atoms with van der Waals surface area (Å²) in [5, 5.41) is 0.579. The smallest absolute Gasteiger partial charge is 0.347 e. The molecule has 5 heteroatoms. The molecule has 3 aromatic rings. The fourth-order valence-corrected chi connectivity index (χ4v) is 2.34. The second kappa shape index (κ2) is 6.12. The van der Waals surface area contributed by atoms with Gasteiger partial charge in [-0.1, -0.05) is 17.7 Å². The van der Waals surface area contributed by atoms with Gasteiger partial charge in [0.05, 0.1) is 5.56 Å². The van der Waals surface area contributed by atoms with Gasteiger partial charge in [0, 0.05) is 11.5 Å². The van der Waals surface area contributed by atoms with Crippen LogP contribution in [0.5, 0.6) is 5.75 Å². The topological polar surface area (TPSA) is 73.6 Å². The van der Waals surface area contributed by atoms with Crippen LogP contribution in [0.4, 0.5) is 0 Å². The maximum Gasteiger partial charge on any atom is 0.347 e. The van der Waals surface area contributed by atoms with Crippen molar-refractivity contribution in [2.24, 2.45) is 0 Å². The molecule has 0 spiro atoms. The normalized spacial score (nSPS) is 10.6. The summed E-state index contributed by atoms with van der Waals surface area (Å²) >= 11 is 0. The van der Waals surface area contributed by atoms with Crippen LogP contribution in [0.25, 0.3) is 11.0 Å². The lowest BCUT2D eigenvalue weighted by Gasteiger charge is -2.06. The molecule has 0 aliphatic rings. The summed E-state index contributed by atoms with van der Waals surface area (Å²) in [7, 11) is 0. The van der Waals surface area contributed by atoms with Crippen LogP contribution in [0.3, 0.4) is 0 Å². The van der Waals surface area contributed by atoms with Gasteiger partial charge in [-0.05, 0) is 44.2 Å². The third-order valence-electron chi connectivity index (χ3n) is 3.55. The van der Waals surface area contributed by atoms with E-state index in [1.54, 1.807) is 30.3 Å². The van der Waals surface area contributed by atoms with Crippen molar-refractivity contribution in [2.45, 2.75) is 13.8 Å². The van der Waals surface area contributed by atoms with Gasteiger partial charge in [0.1, 0.15) is 16.9 Å². The Labute approximate surface area is 137 Å². The first-order valence-electron chi connectivity index (χ1n) is 7.32. The van der Waals surface area contributed by atoms with E-state index in [1.165, 1.54) is 19.1 Å². The molecule has 120 valence electrons. The van der Waals surface area contributed by atoms with Crippen LogP contribution in [0.15, 0.2) is 57.7 Å². The van der Waals surface area contributed by atoms with E-state index < -0.39 is 11.6 Å². The lowest BCUT2D eigenvalue weighted by atomic mass is 10.1. The number of benzene rings is 2. The second-order valence-electron chi connectivity index (χ2n) is 5.46. The largest absolute Gasteiger partial charge is 0.423 e. The van der Waals surface area contributed by atoms with Gasteiger partial charge in [0.15, 0.2) is 5.78 Å². The standard InChI is InChI=1S/C19H14O5/c1-11-4-3-5-14(8-11)18(21)23-15-7-6-13-9-16(12(2)20)19(22)24-17(13)10-15/h3-10H,1-2H3. The number of esters is 1. The molecule has 2 aromatic carbocycles. The number of hydrogen-bond donors (Lipinski definition) is 0. The van der Waals surface area contributed by atoms with Crippen molar-refractivity contribution in [2.75, 3.05) is 0 Å². The van der Waals surface area contributed by atoms with Crippen LogP contribution < -0.4 is 10.4 Å². The molecule has 0 N–H and O–H groups in total. The minimum Gasteiger partial charge on any atom is -0.423 e. The van der Waals surface area contributed by atoms with E-state index in [0.717, 1.165) is 5.56 Å². The number of Topliss-reactive ketones (excluding diaryl/α,β-unsaturated/α-hetero) is 1. The van der Waals surface area contributed by atoms with E-state index in [1.807, 2.05) is 13.0 Å². The summed E-state index contributed by atoms with van der Waals surface area (Å²) in [6, 6.07) is 13.2. The highest BCUT2D eigenvalue weighted by Gasteiger charge is 2.12. The number of carbonyl (C=O) groups excluding carboxylic acids is 2. The fraction of sp³-hybridized carbons (Fsp3) is 0.105. The molecule has 0 unspecified atom stereocenters. The van der Waals surface area contributed by atoms with E-state index in [9.17, 15) is 14.4 Å². The lowest BCUT2D eigenvalue weighted by Crippen LogP contribution is -2.11. The van der Waals surface area contributed by atoms with Crippen LogP contribution in [-0.2, 0) is 0 Å². The van der Waals surface area contributed by atoms with Gasteiger partial charge in [-0.25, -0.2) is 9.59 Å². The summed E-state index contributed by atoms with van der Waals surface area (Å²) in [6.45, 7) is 3.18. The zero-order valence-corrected chi connectivity index (χ0v) is 13.2. The van der Waals surface area contributed by atoms with Crippen molar-refractivity contribution >= 4 is 22.7 Å². The van der Waals surface area contributed by atoms with Gasteiger partial charge in [0.2, 0.25) is 0 Å². The summed E-state index contributed by atoms with van der Waals surface area (Å²) in [6.07, 6.45) is 0. The second-order valence-corrected chi connectivity index (χ2v) is 5.46. The molecule has 0 aliphatic carbocycles. The van der Waals surface area contributed by atoms with Gasteiger partial charge in [-0.3, -0.25) is 4.79 Å². The zero-order valence-electron chi connectivity index (χ0n) is 13.2. The van der Waals surface area contributed by atoms with Gasteiger partial charge in [-0.2, -0.15) is 0 Å². The quantitative estimate of drug-likeness (QED) is 0.319. The minimum absolute atomic E-state index is 0.00740. The first-order valence-corrected chi connectivity index (χ1v) is 7.32. The Morgan fingerprint density at radius 3 is 2.54 bits per heavy atom. The maximum absolute atomic E-state index is 12.2. The van der Waals surface area contributed by atoms with Gasteiger partial charge < -0.3 is 9.15 Å². The lowest BCUT2D eigenvalue weighted by molar-refractivity contribution is 0.0734. The molecule has 0 saturated carbocycles. The van der Waals surface area contributed by atoms with Gasteiger partial charge in [0.25, 0.3) is 0 Å². The predicted molar refractivity (Wildman–Crippen MR) is 88.6 cm³/mol. The predicted octanol–water partition coefficient (Wildman–Crippen LogP) is 3.52. The summed E-state index contributed by atoms with van der Waals surface area (Å²) in [5.74, 6) is -0.603. The Morgan fingerprint density at radius 2 is 1.83 bits per heavy atom. The highest BCUT2D eigenvalue weighted by molar-refractivity contribution is 5.97. The Balaban J connectivity index is 1.93. The SMILES string of the molecule is CC(=O)c1cc2ccc(OC(=O)c3cccc(C)c3)cc2oc1=O. The third kappa shape index (κ3) is 3.10. The Hall–Kier alpha value is -3.21. The highest BCUT2D eigenvalue weighted by Crippen LogP contribution is 2.21. The summed E-state index contributed by atoms with van der Waals surface area (Å²) < 4.78 is 10.4. The molecule has 0 atom stereocenters. The average Bonchev–Trinajstić information content (AvgIpc) is 2.53. The molecule has 0 bridgehead atoms. The molecule has 0 radical (unpaired) electrons. The van der Waals surface area contributed by atoms with Gasteiger partial charge >= 0.3 is 11.6 Å². The van der Waals surface area contributed by atoms with Crippen molar-refractivity contribution < 1.29 is 18.7 Å². The molecule has 1 heterocycles. The van der Waals surface area contributed by atoms with Gasteiger partial charge in [-0.15, -0.1) is 0 Å². The average molecular weight is 322 g/mol. The first-order chi connectivity index (χ1) is 11.4. The minimum atomic E-state index is -0.711. The number of aryl methyl sites for hydroxylation is 1. The fourth-order valence-electron chi connectivity index (χ4n) is 2.34. The van der Waals surface area contributed by atoms with Crippen LogP contribution in [0.2, 0.25) is 0 Å². The first kappa shape index (κ1) is 15.7. The Morgan fingerprint density at radius 1 is 1.04 bits per heavy atom. The zero-order chi connectivity index (χ0) is 17.3. The molecule has 0 amide bonds. The molecule has 3 rings (SSSR count). The number of ketones is 1.